The van der Waals surface area contributed by atoms with Gasteiger partial charge in [0, 0.05) is 118 Å². The van der Waals surface area contributed by atoms with Crippen molar-refractivity contribution in [2.24, 2.45) is 63.6 Å². The molecule has 0 amide bonds. The fourth-order valence-corrected chi connectivity index (χ4v) is 17.8. The second-order valence-corrected chi connectivity index (χ2v) is 45.8. The molecule has 602 valence electrons. The van der Waals surface area contributed by atoms with E-state index in [2.05, 4.69) is 114 Å². The van der Waals surface area contributed by atoms with Crippen LogP contribution in [0.15, 0.2) is 65.2 Å². The number of hydrogen-bond donors (Lipinski definition) is 12. The first-order valence-corrected chi connectivity index (χ1v) is 45.9. The van der Waals surface area contributed by atoms with Crippen molar-refractivity contribution in [3.8, 4) is 0 Å². The Morgan fingerprint density at radius 2 is 0.614 bits per heavy atom. The molecule has 0 fully saturated rings. The van der Waals surface area contributed by atoms with Gasteiger partial charge in [0.05, 0.1) is 51.1 Å². The van der Waals surface area contributed by atoms with Gasteiger partial charge in [-0.1, -0.05) is 220 Å². The van der Waals surface area contributed by atoms with Crippen molar-refractivity contribution in [3.63, 3.8) is 0 Å². The summed E-state index contributed by atoms with van der Waals surface area (Å²) in [5.74, 6) is 0.904. The molecule has 0 radical (unpaired) electrons. The fraction of sp³-hybridized carbons (Fsp3) is 0.821. The van der Waals surface area contributed by atoms with E-state index in [1.807, 2.05) is 125 Å². The van der Waals surface area contributed by atoms with Crippen molar-refractivity contribution in [2.45, 2.75) is 336 Å². The van der Waals surface area contributed by atoms with Crippen LogP contribution in [0.2, 0.25) is 55.9 Å². The first-order valence-electron chi connectivity index (χ1n) is 37.1. The van der Waals surface area contributed by atoms with Crippen molar-refractivity contribution in [1.29, 1.82) is 10.8 Å². The third-order valence-electron chi connectivity index (χ3n) is 19.8. The van der Waals surface area contributed by atoms with Crippen LogP contribution in [-0.2, 0) is 0 Å². The summed E-state index contributed by atoms with van der Waals surface area (Å²) in [5.41, 5.74) is -5.50. The molecule has 0 aromatic carbocycles. The Labute approximate surface area is 625 Å². The van der Waals surface area contributed by atoms with Gasteiger partial charge in [-0.2, -0.15) is 0 Å². The van der Waals surface area contributed by atoms with E-state index in [0.717, 1.165) is 94.1 Å². The lowest BCUT2D eigenvalue weighted by Gasteiger charge is -2.39. The van der Waals surface area contributed by atoms with Gasteiger partial charge >= 0.3 is 0 Å². The van der Waals surface area contributed by atoms with Gasteiger partial charge in [0.25, 0.3) is 0 Å². The molecule has 0 aromatic heterocycles. The molecule has 0 saturated carbocycles. The van der Waals surface area contributed by atoms with Crippen molar-refractivity contribution in [1.82, 2.24) is 0 Å². The molecule has 7 atom stereocenters. The third-order valence-corrected chi connectivity index (χ3v) is 35.6. The van der Waals surface area contributed by atoms with Crippen molar-refractivity contribution >= 4 is 86.4 Å². The highest BCUT2D eigenvalue weighted by molar-refractivity contribution is 6.85. The maximum absolute atomic E-state index is 10.3. The number of aliphatic imine (C=N–C) groups is 8. The van der Waals surface area contributed by atoms with Gasteiger partial charge in [-0.25, -0.2) is 0 Å². The molecule has 7 unspecified atom stereocenters. The molecular weight excluding hydrogens is 1320 g/mol. The standard InChI is InChI=1S/C10H23NOSi.C9H21NOSi.2C9H19NO.2C8H17NO.C7H17NOSi.C7H15NO.C6H11NO.C5H9NO/c1-6-13(7-2,8-3)10(4,12)9-11-5;1-5-12(6-2,7-3)9(4,11)8-10;1-7(2)9(11,6-10-5)8(3)4;1-5-9(11,8(3)4)7-10-6-2;1-5-8(10,6-9-4)7(2)3;1-4-8(10,5-2)7-9-6-3;1-7(9,6-8-2)10(3,4)5;1-4-7(9,5-2)6-8-3;1-4-6(2,8)5-7-3;1-3-5(2,7)4-6/h9,12H,6-8H2,1-5H3;8,10-11H,5-7H2,1-4H3;6-8,11H,1-5H3;7-8,11H,5-6H2,1-4H3;6-7,10H,5H2,1-4H3;7,10H,4-6H2,1-3H3;6,9H,1-5H3;6,9H,4-5H2,1-3H3;4-5,8H,1H2,2-3H3;3-4,6-7H,1H2,2H3. The lowest BCUT2D eigenvalue weighted by molar-refractivity contribution is 0.0242. The van der Waals surface area contributed by atoms with E-state index >= 15 is 0 Å². The zero-order valence-electron chi connectivity index (χ0n) is 72.1. The van der Waals surface area contributed by atoms with Gasteiger partial charge < -0.3 is 61.9 Å². The van der Waals surface area contributed by atoms with Crippen LogP contribution in [0.1, 0.15) is 225 Å². The average Bonchev–Trinajstić information content (AvgIpc) is 0.814. The number of hydrogen-bond acceptors (Lipinski definition) is 20. The van der Waals surface area contributed by atoms with E-state index in [4.69, 9.17) is 21.0 Å². The maximum Gasteiger partial charge on any atom is 0.114 e. The lowest BCUT2D eigenvalue weighted by atomic mass is 9.81. The summed E-state index contributed by atoms with van der Waals surface area (Å²) in [6.07, 6.45) is 22.3. The van der Waals surface area contributed by atoms with Crippen LogP contribution in [0.25, 0.3) is 0 Å². The number of nitrogens with one attached hydrogen (secondary N) is 2. The highest BCUT2D eigenvalue weighted by atomic mass is 28.3. The third kappa shape index (κ3) is 51.3. The Balaban J connectivity index is -0.000000114. The van der Waals surface area contributed by atoms with E-state index < -0.39 is 79.1 Å². The average molecular weight is 1490 g/mol. The van der Waals surface area contributed by atoms with Gasteiger partial charge in [-0.3, -0.25) is 39.9 Å². The first kappa shape index (κ1) is 119. The summed E-state index contributed by atoms with van der Waals surface area (Å²) in [6.45, 7) is 67.9. The molecule has 12 N–H and O–H groups in total. The molecule has 0 aliphatic rings. The lowest BCUT2D eigenvalue weighted by Crippen LogP contribution is -2.56. The van der Waals surface area contributed by atoms with Gasteiger partial charge in [0.2, 0.25) is 0 Å². The van der Waals surface area contributed by atoms with Crippen LogP contribution in [0.4, 0.5) is 0 Å². The second-order valence-electron chi connectivity index (χ2n) is 28.9. The second kappa shape index (κ2) is 60.6. The molecule has 0 aliphatic carbocycles. The largest absolute Gasteiger partial charge is 0.388 e. The molecule has 0 rings (SSSR count). The predicted octanol–water partition coefficient (Wildman–Crippen LogP) is 15.4. The van der Waals surface area contributed by atoms with Crippen molar-refractivity contribution in [2.75, 3.05) is 55.4 Å². The Kier molecular flexibility index (Phi) is 71.1. The Morgan fingerprint density at radius 3 is 0.762 bits per heavy atom. The predicted molar refractivity (Wildman–Crippen MR) is 459 cm³/mol. The van der Waals surface area contributed by atoms with Gasteiger partial charge in [-0.15, -0.1) is 0 Å². The SMILES string of the molecule is C=CC(C)(O)C=N.C=CC(C)(O)C=NC.CCC(O)(C=NC)C(C)C.CCC(O)(C=NC)CC.CCN=CC(O)(CC)C(C)C.CCN=CC(O)(CC)CC.CC[Si](CC)(CC)C(C)(O)C=N.CC[Si](CC)(CC)C(C)(O)C=NC.CN=CC(C)(O)[Si](C)(C)C.CN=CC(O)(C(C)C)C(C)C. The Bertz CT molecular complexity index is 2230. The summed E-state index contributed by atoms with van der Waals surface area (Å²) in [5, 5.41) is 108. The quantitative estimate of drug-likeness (QED) is 0.0167. The minimum Gasteiger partial charge on any atom is -0.388 e. The molecule has 20 nitrogen and oxygen atoms in total. The number of nitrogens with zero attached hydrogens (tertiary/aromatic N) is 8. The van der Waals surface area contributed by atoms with Gasteiger partial charge in [0.15, 0.2) is 0 Å². The fourth-order valence-electron chi connectivity index (χ4n) is 9.32. The Morgan fingerprint density at radius 1 is 0.337 bits per heavy atom. The normalized spacial score (nSPS) is 16.5. The number of aliphatic hydroxyl groups is 10. The van der Waals surface area contributed by atoms with Crippen LogP contribution in [0, 0.1) is 34.5 Å². The topological polar surface area (TPSA) is 349 Å². The first-order chi connectivity index (χ1) is 46.0. The molecule has 0 aliphatic heterocycles. The Hall–Kier alpha value is -3.57. The van der Waals surface area contributed by atoms with E-state index in [9.17, 15) is 40.9 Å². The maximum atomic E-state index is 10.3. The van der Waals surface area contributed by atoms with Crippen LogP contribution >= 0.6 is 0 Å². The van der Waals surface area contributed by atoms with Crippen LogP contribution < -0.4 is 0 Å². The van der Waals surface area contributed by atoms with Gasteiger partial charge in [-0.05, 0) is 111 Å². The molecule has 0 saturated heterocycles. The number of rotatable bonds is 33. The van der Waals surface area contributed by atoms with E-state index in [0.29, 0.717) is 0 Å². The summed E-state index contributed by atoms with van der Waals surface area (Å²) in [4.78, 5) is 31.0. The van der Waals surface area contributed by atoms with Crippen LogP contribution in [0.5, 0.6) is 0 Å². The molecule has 0 aromatic rings. The summed E-state index contributed by atoms with van der Waals surface area (Å²) in [6, 6.07) is 6.55. The van der Waals surface area contributed by atoms with Crippen LogP contribution in [0.3, 0.4) is 0 Å². The summed E-state index contributed by atoms with van der Waals surface area (Å²) in [7, 11) is 5.39. The summed E-state index contributed by atoms with van der Waals surface area (Å²) >= 11 is 0. The monoisotopic (exact) mass is 1490 g/mol. The highest BCUT2D eigenvalue weighted by Crippen LogP contribution is 2.32. The zero-order valence-corrected chi connectivity index (χ0v) is 75.1. The van der Waals surface area contributed by atoms with E-state index in [1.54, 1.807) is 99.6 Å². The molecule has 23 heteroatoms. The molecular formula is C78H168N10O10Si3. The molecule has 0 spiro atoms. The molecule has 101 heavy (non-hydrogen) atoms. The van der Waals surface area contributed by atoms with E-state index in [-0.39, 0.29) is 23.7 Å². The minimum atomic E-state index is -1.63. The zero-order chi connectivity index (χ0) is 82.9. The van der Waals surface area contributed by atoms with Gasteiger partial charge in [0.1, 0.15) is 28.0 Å². The molecule has 0 bridgehead atoms. The van der Waals surface area contributed by atoms with Crippen LogP contribution in [-0.4, -0.2) is 248 Å². The molecule has 0 heterocycles. The van der Waals surface area contributed by atoms with Crippen molar-refractivity contribution in [3.05, 3.63) is 25.3 Å². The minimum absolute atomic E-state index is 0.214. The summed E-state index contributed by atoms with van der Waals surface area (Å²) < 4.78 is 0. The van der Waals surface area contributed by atoms with E-state index in [1.165, 1.54) is 31.5 Å². The smallest absolute Gasteiger partial charge is 0.114 e. The van der Waals surface area contributed by atoms with Crippen molar-refractivity contribution < 1.29 is 51.1 Å². The highest BCUT2D eigenvalue weighted by Gasteiger charge is 2.45.